The third kappa shape index (κ3) is 6.42. The van der Waals surface area contributed by atoms with Gasteiger partial charge in [-0.25, -0.2) is 0 Å². The summed E-state index contributed by atoms with van der Waals surface area (Å²) in [5.41, 5.74) is 2.69. The number of nitrogens with one attached hydrogen (secondary N) is 1. The summed E-state index contributed by atoms with van der Waals surface area (Å²) in [7, 11) is 0. The van der Waals surface area contributed by atoms with Crippen molar-refractivity contribution >= 4 is 23.4 Å². The van der Waals surface area contributed by atoms with Crippen LogP contribution in [0.15, 0.2) is 84.0 Å². The summed E-state index contributed by atoms with van der Waals surface area (Å²) >= 11 is 1.34. The molecule has 4 aromatic rings. The Hall–Kier alpha value is -3.78. The number of carbonyl (C=O) groups is 1. The molecule has 1 heterocycles. The fraction of sp³-hybridized carbons (Fsp3) is 0.222. The summed E-state index contributed by atoms with van der Waals surface area (Å²) in [6.07, 6.45) is 0.621. The number of hydrogen-bond donors (Lipinski definition) is 1. The molecule has 1 amide bonds. The largest absolute Gasteiger partial charge is 0.494 e. The van der Waals surface area contributed by atoms with Crippen molar-refractivity contribution in [2.24, 2.45) is 0 Å². The van der Waals surface area contributed by atoms with E-state index in [4.69, 9.17) is 9.47 Å². The third-order valence-corrected chi connectivity index (χ3v) is 6.03. The maximum absolute atomic E-state index is 12.7. The Labute approximate surface area is 209 Å². The van der Waals surface area contributed by atoms with E-state index < -0.39 is 0 Å². The lowest BCUT2D eigenvalue weighted by atomic mass is 10.1. The molecule has 0 fully saturated rings. The quantitative estimate of drug-likeness (QED) is 0.285. The van der Waals surface area contributed by atoms with Crippen LogP contribution in [-0.2, 0) is 11.2 Å². The van der Waals surface area contributed by atoms with E-state index in [1.165, 1.54) is 11.8 Å². The predicted molar refractivity (Wildman–Crippen MR) is 139 cm³/mol. The topological polar surface area (TPSA) is 78.3 Å². The molecular formula is C27H28N4O3S. The van der Waals surface area contributed by atoms with Crippen LogP contribution in [0.5, 0.6) is 11.5 Å². The average molecular weight is 489 g/mol. The Morgan fingerprint density at radius 1 is 0.886 bits per heavy atom. The molecular weight excluding hydrogens is 460 g/mol. The number of nitrogens with zero attached hydrogens (tertiary/aromatic N) is 3. The van der Waals surface area contributed by atoms with Crippen molar-refractivity contribution in [2.45, 2.75) is 25.4 Å². The van der Waals surface area contributed by atoms with Gasteiger partial charge in [0.25, 0.3) is 0 Å². The Bertz CT molecular complexity index is 1240. The molecule has 0 atom stereocenters. The highest BCUT2D eigenvalue weighted by atomic mass is 32.2. The number of thioether (sulfide) groups is 1. The molecule has 0 radical (unpaired) electrons. The molecule has 0 saturated heterocycles. The molecule has 8 heteroatoms. The molecule has 0 saturated carbocycles. The van der Waals surface area contributed by atoms with Gasteiger partial charge in [0.05, 0.1) is 24.7 Å². The van der Waals surface area contributed by atoms with E-state index in [2.05, 4.69) is 27.6 Å². The van der Waals surface area contributed by atoms with E-state index in [-0.39, 0.29) is 11.7 Å². The zero-order valence-corrected chi connectivity index (χ0v) is 20.6. The fourth-order valence-corrected chi connectivity index (χ4v) is 4.34. The Balaban J connectivity index is 1.54. The Kier molecular flexibility index (Phi) is 8.40. The number of hydrogen-bond acceptors (Lipinski definition) is 6. The number of para-hydroxylation sites is 2. The predicted octanol–water partition coefficient (Wildman–Crippen LogP) is 5.39. The highest BCUT2D eigenvalue weighted by molar-refractivity contribution is 7.99. The zero-order valence-electron chi connectivity index (χ0n) is 19.8. The highest BCUT2D eigenvalue weighted by Crippen LogP contribution is 2.27. The van der Waals surface area contributed by atoms with Crippen molar-refractivity contribution in [3.8, 4) is 17.2 Å². The van der Waals surface area contributed by atoms with Gasteiger partial charge in [0.15, 0.2) is 5.16 Å². The lowest BCUT2D eigenvalue weighted by molar-refractivity contribution is -0.113. The Morgan fingerprint density at radius 2 is 1.60 bits per heavy atom. The first-order valence-corrected chi connectivity index (χ1v) is 12.5. The van der Waals surface area contributed by atoms with Crippen LogP contribution in [0.1, 0.15) is 25.2 Å². The van der Waals surface area contributed by atoms with Crippen molar-refractivity contribution in [1.29, 1.82) is 0 Å². The van der Waals surface area contributed by atoms with E-state index in [0.717, 1.165) is 22.8 Å². The second-order valence-corrected chi connectivity index (χ2v) is 8.53. The molecule has 7 nitrogen and oxygen atoms in total. The Morgan fingerprint density at radius 3 is 2.34 bits per heavy atom. The summed E-state index contributed by atoms with van der Waals surface area (Å²) in [4.78, 5) is 12.7. The van der Waals surface area contributed by atoms with Crippen LogP contribution in [-0.4, -0.2) is 39.6 Å². The van der Waals surface area contributed by atoms with E-state index in [9.17, 15) is 4.79 Å². The van der Waals surface area contributed by atoms with Crippen LogP contribution >= 0.6 is 11.8 Å². The van der Waals surface area contributed by atoms with Gasteiger partial charge in [0.2, 0.25) is 5.91 Å². The molecule has 0 unspecified atom stereocenters. The van der Waals surface area contributed by atoms with Gasteiger partial charge in [0, 0.05) is 12.1 Å². The standard InChI is InChI=1S/C27H28N4O3S/c1-3-33-22-16-14-21(15-17-22)31-25(18-20-10-6-5-7-11-20)29-30-27(31)35-19-26(32)28-23-12-8-9-13-24(23)34-4-2/h5-17H,3-4,18-19H2,1-2H3,(H,28,32). The number of amides is 1. The second-order valence-electron chi connectivity index (χ2n) is 7.59. The van der Waals surface area contributed by atoms with Gasteiger partial charge in [-0.1, -0.05) is 54.2 Å². The van der Waals surface area contributed by atoms with Crippen LogP contribution in [0.25, 0.3) is 5.69 Å². The van der Waals surface area contributed by atoms with Crippen molar-refractivity contribution < 1.29 is 14.3 Å². The molecule has 35 heavy (non-hydrogen) atoms. The number of rotatable bonds is 11. The van der Waals surface area contributed by atoms with Crippen LogP contribution in [0.2, 0.25) is 0 Å². The third-order valence-electron chi connectivity index (χ3n) is 5.10. The first-order chi connectivity index (χ1) is 17.2. The minimum absolute atomic E-state index is 0.145. The fourth-order valence-electron chi connectivity index (χ4n) is 3.57. The summed E-state index contributed by atoms with van der Waals surface area (Å²) in [5, 5.41) is 12.5. The smallest absolute Gasteiger partial charge is 0.234 e. The maximum Gasteiger partial charge on any atom is 0.234 e. The maximum atomic E-state index is 12.7. The number of carbonyl (C=O) groups excluding carboxylic acids is 1. The SMILES string of the molecule is CCOc1ccc(-n2c(Cc3ccccc3)nnc2SCC(=O)Nc2ccccc2OCC)cc1. The number of aromatic nitrogens is 3. The first-order valence-electron chi connectivity index (χ1n) is 11.5. The summed E-state index contributed by atoms with van der Waals surface area (Å²) in [6, 6.07) is 25.3. The van der Waals surface area contributed by atoms with Gasteiger partial charge in [-0.2, -0.15) is 0 Å². The monoisotopic (exact) mass is 488 g/mol. The molecule has 0 aliphatic carbocycles. The molecule has 3 aromatic carbocycles. The van der Waals surface area contributed by atoms with Gasteiger partial charge in [-0.3, -0.25) is 9.36 Å². The lowest BCUT2D eigenvalue weighted by Gasteiger charge is -2.12. The summed E-state index contributed by atoms with van der Waals surface area (Å²) in [6.45, 7) is 5.00. The lowest BCUT2D eigenvalue weighted by Crippen LogP contribution is -2.15. The number of anilines is 1. The highest BCUT2D eigenvalue weighted by Gasteiger charge is 2.17. The minimum Gasteiger partial charge on any atom is -0.494 e. The van der Waals surface area contributed by atoms with Gasteiger partial charge in [0.1, 0.15) is 17.3 Å². The molecule has 4 rings (SSSR count). The first kappa shape index (κ1) is 24.3. The van der Waals surface area contributed by atoms with E-state index in [1.54, 1.807) is 0 Å². The van der Waals surface area contributed by atoms with Crippen molar-refractivity contribution in [2.75, 3.05) is 24.3 Å². The number of ether oxygens (including phenoxy) is 2. The normalized spacial score (nSPS) is 10.7. The van der Waals surface area contributed by atoms with Crippen molar-refractivity contribution in [3.05, 3.63) is 90.3 Å². The van der Waals surface area contributed by atoms with Crippen LogP contribution in [0, 0.1) is 0 Å². The van der Waals surface area contributed by atoms with Gasteiger partial charge in [-0.15, -0.1) is 10.2 Å². The van der Waals surface area contributed by atoms with E-state index in [0.29, 0.717) is 36.2 Å². The summed E-state index contributed by atoms with van der Waals surface area (Å²) < 4.78 is 13.2. The van der Waals surface area contributed by atoms with Gasteiger partial charge < -0.3 is 14.8 Å². The minimum atomic E-state index is -0.145. The molecule has 0 spiro atoms. The van der Waals surface area contributed by atoms with Crippen LogP contribution in [0.3, 0.4) is 0 Å². The van der Waals surface area contributed by atoms with Gasteiger partial charge >= 0.3 is 0 Å². The van der Waals surface area contributed by atoms with Crippen LogP contribution in [0.4, 0.5) is 5.69 Å². The van der Waals surface area contributed by atoms with E-state index in [1.807, 2.05) is 85.1 Å². The molecule has 0 bridgehead atoms. The molecule has 1 aromatic heterocycles. The molecule has 180 valence electrons. The average Bonchev–Trinajstić information content (AvgIpc) is 3.27. The zero-order chi connectivity index (χ0) is 24.5. The number of benzene rings is 3. The van der Waals surface area contributed by atoms with Crippen molar-refractivity contribution in [3.63, 3.8) is 0 Å². The second kappa shape index (κ2) is 12.1. The molecule has 0 aliphatic rings. The van der Waals surface area contributed by atoms with Crippen molar-refractivity contribution in [1.82, 2.24) is 14.8 Å². The van der Waals surface area contributed by atoms with Gasteiger partial charge in [-0.05, 0) is 55.8 Å². The van der Waals surface area contributed by atoms with E-state index >= 15 is 0 Å². The molecule has 1 N–H and O–H groups in total. The summed E-state index contributed by atoms with van der Waals surface area (Å²) in [5.74, 6) is 2.28. The molecule has 0 aliphatic heterocycles. The van der Waals surface area contributed by atoms with Crippen LogP contribution < -0.4 is 14.8 Å².